The molecule has 0 saturated carbocycles. The molecule has 5 nitrogen and oxygen atoms in total. The summed E-state index contributed by atoms with van der Waals surface area (Å²) in [6, 6.07) is 0. The van der Waals surface area contributed by atoms with E-state index < -0.39 is 5.97 Å². The van der Waals surface area contributed by atoms with E-state index in [1.165, 1.54) is 353 Å². The minimum atomic E-state index is -0.903. The van der Waals surface area contributed by atoms with Crippen LogP contribution in [0.5, 0.6) is 0 Å². The summed E-state index contributed by atoms with van der Waals surface area (Å²) in [6.07, 6.45) is 85.4. The van der Waals surface area contributed by atoms with Crippen molar-refractivity contribution in [2.24, 2.45) is 0 Å². The van der Waals surface area contributed by atoms with Crippen molar-refractivity contribution in [2.75, 3.05) is 19.8 Å². The van der Waals surface area contributed by atoms with E-state index in [2.05, 4.69) is 27.7 Å². The minimum Gasteiger partial charge on any atom is -0.854 e. The van der Waals surface area contributed by atoms with Gasteiger partial charge in [-0.2, -0.15) is 0 Å². The molecule has 0 atom stereocenters. The van der Waals surface area contributed by atoms with E-state index in [1.54, 1.807) is 0 Å². The number of carbonyl (C=O) groups is 1. The Morgan fingerprint density at radius 1 is 0.192 bits per heavy atom. The van der Waals surface area contributed by atoms with Crippen LogP contribution in [0.2, 0.25) is 0 Å². The van der Waals surface area contributed by atoms with Crippen LogP contribution in [0.1, 0.15) is 439 Å². The summed E-state index contributed by atoms with van der Waals surface area (Å²) in [5.74, 6) is -0.903. The van der Waals surface area contributed by atoms with Crippen molar-refractivity contribution in [1.29, 1.82) is 0 Å². The first-order chi connectivity index (χ1) is 38.0. The number of carboxylic acids is 1. The van der Waals surface area contributed by atoms with Gasteiger partial charge in [-0.05, 0) is 12.8 Å². The van der Waals surface area contributed by atoms with Crippen molar-refractivity contribution in [1.82, 2.24) is 0 Å². The molecule has 0 aliphatic heterocycles. The van der Waals surface area contributed by atoms with Crippen molar-refractivity contribution in [3.05, 3.63) is 0 Å². The Hall–Kier alpha value is 0.0643. The molecule has 78 heavy (non-hydrogen) atoms. The van der Waals surface area contributed by atoms with Gasteiger partial charge in [0, 0.05) is 5.97 Å². The van der Waals surface area contributed by atoms with Crippen LogP contribution in [0.4, 0.5) is 0 Å². The summed E-state index contributed by atoms with van der Waals surface area (Å²) in [6.45, 7) is 9.48. The second-order valence-corrected chi connectivity index (χ2v) is 24.1. The molecule has 0 aliphatic carbocycles. The molecule has 0 saturated heterocycles. The number of hydrogen-bond acceptors (Lipinski definition) is 5. The fourth-order valence-corrected chi connectivity index (χ4v) is 10.6. The fourth-order valence-electron chi connectivity index (χ4n) is 10.6. The molecule has 0 fully saturated rings. The van der Waals surface area contributed by atoms with Crippen LogP contribution in [-0.2, 0) is 26.5 Å². The first kappa shape index (κ1) is 86.8. The molecular weight excluding hydrogens is 993 g/mol. The van der Waals surface area contributed by atoms with Crippen molar-refractivity contribution < 1.29 is 46.9 Å². The van der Waals surface area contributed by atoms with Gasteiger partial charge in [0.15, 0.2) is 0 Å². The zero-order chi connectivity index (χ0) is 57.0. The molecular formula is C72H146O5Ti. The Bertz CT molecular complexity index is 805. The van der Waals surface area contributed by atoms with E-state index in [9.17, 15) is 25.2 Å². The molecule has 0 rings (SSSR count). The Balaban J connectivity index is -0.000000302. The van der Waals surface area contributed by atoms with Gasteiger partial charge in [-0.25, -0.2) is 0 Å². The maximum Gasteiger partial charge on any atom is 4.00 e. The van der Waals surface area contributed by atoms with Gasteiger partial charge in [0.2, 0.25) is 0 Å². The van der Waals surface area contributed by atoms with Gasteiger partial charge in [0.1, 0.15) is 0 Å². The van der Waals surface area contributed by atoms with Crippen molar-refractivity contribution in [2.45, 2.75) is 439 Å². The van der Waals surface area contributed by atoms with Gasteiger partial charge in [0.05, 0.1) is 0 Å². The predicted octanol–water partition coefficient (Wildman–Crippen LogP) is 21.8. The molecule has 0 amide bonds. The van der Waals surface area contributed by atoms with E-state index in [0.29, 0.717) is 0 Å². The standard InChI is InChI=1S/C18H36O2.3C18H37O.Ti/c1-2-3-4-5-6-7-8-9-10-11-12-13-14-15-16-17-18(19)20;3*1-2-3-4-5-6-7-8-9-10-11-12-13-14-15-16-17-18-19;/h2-17H2,1H3,(H,19,20);3*2-18H2,1H3;/q;3*-1;+4/p-1. The number of carboxylic acid groups (broad SMARTS) is 1. The van der Waals surface area contributed by atoms with E-state index in [4.69, 9.17) is 0 Å². The van der Waals surface area contributed by atoms with Gasteiger partial charge in [-0.1, -0.05) is 426 Å². The maximum absolute atomic E-state index is 10.3. The van der Waals surface area contributed by atoms with E-state index >= 15 is 0 Å². The summed E-state index contributed by atoms with van der Waals surface area (Å²) in [7, 11) is 0. The first-order valence-corrected chi connectivity index (χ1v) is 36.0. The molecule has 0 spiro atoms. The Kier molecular flexibility index (Phi) is 101. The molecule has 0 heterocycles. The van der Waals surface area contributed by atoms with Crippen LogP contribution in [-0.4, -0.2) is 25.8 Å². The molecule has 468 valence electrons. The summed E-state index contributed by atoms with van der Waals surface area (Å²) in [5, 5.41) is 41.0. The van der Waals surface area contributed by atoms with Crippen LogP contribution in [0.25, 0.3) is 0 Å². The van der Waals surface area contributed by atoms with Gasteiger partial charge < -0.3 is 25.2 Å². The molecule has 0 aromatic rings. The second kappa shape index (κ2) is 90.8. The second-order valence-electron chi connectivity index (χ2n) is 24.1. The quantitative estimate of drug-likeness (QED) is 0.0445. The van der Waals surface area contributed by atoms with Crippen LogP contribution in [0.15, 0.2) is 0 Å². The van der Waals surface area contributed by atoms with Crippen LogP contribution in [0, 0.1) is 0 Å². The van der Waals surface area contributed by atoms with Crippen LogP contribution in [0.3, 0.4) is 0 Å². The number of carbonyl (C=O) groups excluding carboxylic acids is 1. The molecule has 0 N–H and O–H groups in total. The average Bonchev–Trinajstić information content (AvgIpc) is 3.43. The largest absolute Gasteiger partial charge is 4.00 e. The zero-order valence-corrected chi connectivity index (χ0v) is 56.0. The normalized spacial score (nSPS) is 10.9. The Morgan fingerprint density at radius 3 is 0.397 bits per heavy atom. The monoisotopic (exact) mass is 1140 g/mol. The Morgan fingerprint density at radius 2 is 0.295 bits per heavy atom. The number of aliphatic carboxylic acids is 1. The van der Waals surface area contributed by atoms with E-state index in [0.717, 1.165) is 51.4 Å². The summed E-state index contributed by atoms with van der Waals surface area (Å²) in [4.78, 5) is 10.2. The third-order valence-electron chi connectivity index (χ3n) is 16.0. The van der Waals surface area contributed by atoms with Crippen LogP contribution < -0.4 is 20.4 Å². The molecule has 6 heteroatoms. The molecule has 0 aliphatic rings. The van der Waals surface area contributed by atoms with E-state index in [-0.39, 0.29) is 48.0 Å². The minimum absolute atomic E-state index is 0. The molecule has 0 unspecified atom stereocenters. The first-order valence-electron chi connectivity index (χ1n) is 36.0. The third-order valence-corrected chi connectivity index (χ3v) is 16.0. The fraction of sp³-hybridized carbons (Fsp3) is 0.986. The van der Waals surface area contributed by atoms with Gasteiger partial charge in [-0.3, -0.25) is 0 Å². The third kappa shape index (κ3) is 101. The molecule has 0 aromatic carbocycles. The summed E-state index contributed by atoms with van der Waals surface area (Å²) in [5.41, 5.74) is 0. The van der Waals surface area contributed by atoms with Gasteiger partial charge in [0.25, 0.3) is 0 Å². The maximum atomic E-state index is 10.3. The van der Waals surface area contributed by atoms with E-state index in [1.807, 2.05) is 0 Å². The Labute approximate surface area is 508 Å². The molecule has 0 radical (unpaired) electrons. The summed E-state index contributed by atoms with van der Waals surface area (Å²) >= 11 is 0. The van der Waals surface area contributed by atoms with Crippen molar-refractivity contribution in [3.63, 3.8) is 0 Å². The van der Waals surface area contributed by atoms with Crippen molar-refractivity contribution >= 4 is 5.97 Å². The molecule has 0 bridgehead atoms. The number of unbranched alkanes of at least 4 members (excludes halogenated alkanes) is 59. The van der Waals surface area contributed by atoms with Gasteiger partial charge in [-0.15, -0.1) is 19.8 Å². The van der Waals surface area contributed by atoms with Gasteiger partial charge >= 0.3 is 21.7 Å². The zero-order valence-electron chi connectivity index (χ0n) is 54.4. The topological polar surface area (TPSA) is 109 Å². The van der Waals surface area contributed by atoms with Crippen LogP contribution >= 0.6 is 0 Å². The van der Waals surface area contributed by atoms with Crippen molar-refractivity contribution in [3.8, 4) is 0 Å². The molecule has 0 aromatic heterocycles. The average molecular weight is 1140 g/mol. The number of rotatable bonds is 64. The predicted molar refractivity (Wildman–Crippen MR) is 338 cm³/mol. The smallest absolute Gasteiger partial charge is 0.854 e. The number of hydrogen-bond donors (Lipinski definition) is 0. The summed E-state index contributed by atoms with van der Waals surface area (Å²) < 4.78 is 0. The SMILES string of the molecule is CCCCCCCCCCCCCCCCCC(=O)[O-].CCCCCCCCCCCCCCCCCC[O-].CCCCCCCCCCCCCCCCCC[O-].CCCCCCCCCCCCCCCCCC[O-].[Ti+4].